The van der Waals surface area contributed by atoms with Gasteiger partial charge in [0.1, 0.15) is 11.6 Å². The highest BCUT2D eigenvalue weighted by Gasteiger charge is 2.73. The number of pyridine rings is 1. The van der Waals surface area contributed by atoms with E-state index in [0.29, 0.717) is 27.3 Å². The number of hydrogen-bond acceptors (Lipinski definition) is 10. The topological polar surface area (TPSA) is 182 Å². The first-order valence-electron chi connectivity index (χ1n) is 15.2. The summed E-state index contributed by atoms with van der Waals surface area (Å²) in [5.74, 6) is -17.8. The number of fused-ring (bicyclic) bond motifs is 2. The lowest BCUT2D eigenvalue weighted by Gasteiger charge is -2.27. The SMILES string of the molecule is CC(=O)N(c1nn(C)c2c(-n3c([C@H](Cc4cc(F)cc(F)c4)OC(N)=O)nc4nc(OCC(F)(F)C(F)(F)C(F)(F)F)ccc4c3=O)ccc(Cl)c12)S(C)(=O)=O. The number of aromatic nitrogens is 5. The van der Waals surface area contributed by atoms with Crippen LogP contribution in [-0.2, 0) is 33.0 Å². The molecule has 3 heterocycles. The number of rotatable bonds is 11. The molecule has 5 aromatic rings. The van der Waals surface area contributed by atoms with Crippen LogP contribution < -0.4 is 20.3 Å². The van der Waals surface area contributed by atoms with E-state index in [2.05, 4.69) is 19.8 Å². The predicted octanol–water partition coefficient (Wildman–Crippen LogP) is 5.50. The molecule has 0 aliphatic rings. The summed E-state index contributed by atoms with van der Waals surface area (Å²) >= 11 is 6.48. The Balaban J connectivity index is 1.81. The maximum Gasteiger partial charge on any atom is 0.460 e. The van der Waals surface area contributed by atoms with Crippen LogP contribution in [0.1, 0.15) is 24.4 Å². The van der Waals surface area contributed by atoms with Gasteiger partial charge in [-0.25, -0.2) is 27.0 Å². The van der Waals surface area contributed by atoms with Gasteiger partial charge in [0, 0.05) is 32.5 Å². The van der Waals surface area contributed by atoms with Crippen LogP contribution in [0.5, 0.6) is 5.88 Å². The highest BCUT2D eigenvalue weighted by atomic mass is 35.5. The molecule has 25 heteroatoms. The largest absolute Gasteiger partial charge is 0.471 e. The molecule has 0 bridgehead atoms. The number of carbonyl (C=O) groups is 2. The number of amides is 2. The van der Waals surface area contributed by atoms with Gasteiger partial charge in [-0.05, 0) is 35.9 Å². The zero-order valence-electron chi connectivity index (χ0n) is 28.3. The van der Waals surface area contributed by atoms with Crippen molar-refractivity contribution in [3.05, 3.63) is 80.9 Å². The molecule has 56 heavy (non-hydrogen) atoms. The summed E-state index contributed by atoms with van der Waals surface area (Å²) in [6.07, 6.45) is -10.1. The van der Waals surface area contributed by atoms with Crippen molar-refractivity contribution in [1.82, 2.24) is 24.3 Å². The summed E-state index contributed by atoms with van der Waals surface area (Å²) in [5.41, 5.74) is 2.67. The van der Waals surface area contributed by atoms with E-state index in [1.807, 2.05) is 0 Å². The minimum atomic E-state index is -6.67. The zero-order valence-corrected chi connectivity index (χ0v) is 29.9. The highest BCUT2D eigenvalue weighted by molar-refractivity contribution is 7.92. The van der Waals surface area contributed by atoms with Crippen molar-refractivity contribution in [3.8, 4) is 11.6 Å². The second-order valence-electron chi connectivity index (χ2n) is 11.9. The molecule has 0 unspecified atom stereocenters. The Labute approximate surface area is 312 Å². The number of halogens is 10. The average Bonchev–Trinajstić information content (AvgIpc) is 3.38. The Morgan fingerprint density at radius 1 is 1.00 bits per heavy atom. The molecule has 1 atom stereocenters. The van der Waals surface area contributed by atoms with Gasteiger partial charge in [0.05, 0.1) is 33.3 Å². The third-order valence-corrected chi connectivity index (χ3v) is 9.20. The van der Waals surface area contributed by atoms with Crippen molar-refractivity contribution in [2.75, 3.05) is 17.2 Å². The minimum absolute atomic E-state index is 0.178. The highest BCUT2D eigenvalue weighted by Crippen LogP contribution is 2.46. The van der Waals surface area contributed by atoms with E-state index in [9.17, 15) is 62.3 Å². The number of carbonyl (C=O) groups excluding carboxylic acids is 2. The average molecular weight is 844 g/mol. The molecule has 0 aliphatic carbocycles. The van der Waals surface area contributed by atoms with Gasteiger partial charge in [-0.15, -0.1) is 0 Å². The second-order valence-corrected chi connectivity index (χ2v) is 14.1. The zero-order chi connectivity index (χ0) is 41.9. The lowest BCUT2D eigenvalue weighted by atomic mass is 10.1. The normalized spacial score (nSPS) is 13.2. The Hall–Kier alpha value is -5.65. The van der Waals surface area contributed by atoms with Gasteiger partial charge in [0.2, 0.25) is 21.8 Å². The summed E-state index contributed by atoms with van der Waals surface area (Å²) in [6, 6.07) is 5.89. The molecule has 2 aromatic carbocycles. The standard InChI is InChI=1S/C31H23ClF9N7O7S/c1-13(49)48(56(3,52)53)26-22-18(32)5-6-19(23(22)46(2)45-26)47-25(20(55-28(42)51)10-14-8-15(33)11-16(34)9-14)44-24-17(27(47)50)4-7-21(43-24)54-12-29(35,36)30(37,38)31(39,40)41/h4-9,11,20H,10,12H2,1-3H3,(H2,42,51)/t20-/m0/s1. The molecule has 5 rings (SSSR count). The molecule has 0 aliphatic heterocycles. The van der Waals surface area contributed by atoms with Crippen LogP contribution in [0, 0.1) is 11.6 Å². The molecule has 14 nitrogen and oxygen atoms in total. The number of aryl methyl sites for hydroxylation is 1. The maximum absolute atomic E-state index is 14.4. The molecule has 0 fully saturated rings. The minimum Gasteiger partial charge on any atom is -0.471 e. The lowest BCUT2D eigenvalue weighted by Crippen LogP contribution is -2.54. The maximum atomic E-state index is 14.4. The van der Waals surface area contributed by atoms with Crippen molar-refractivity contribution in [2.24, 2.45) is 12.8 Å². The van der Waals surface area contributed by atoms with Crippen molar-refractivity contribution in [3.63, 3.8) is 0 Å². The van der Waals surface area contributed by atoms with Gasteiger partial charge < -0.3 is 15.2 Å². The molecular weight excluding hydrogens is 821 g/mol. The molecule has 0 spiro atoms. The fourth-order valence-corrected chi connectivity index (χ4v) is 6.67. The summed E-state index contributed by atoms with van der Waals surface area (Å²) < 4.78 is 159. The number of ether oxygens (including phenoxy) is 2. The number of primary amides is 1. The first-order chi connectivity index (χ1) is 25.7. The molecule has 2 amide bonds. The predicted molar refractivity (Wildman–Crippen MR) is 177 cm³/mol. The van der Waals surface area contributed by atoms with Gasteiger partial charge in [-0.2, -0.15) is 45.1 Å². The summed E-state index contributed by atoms with van der Waals surface area (Å²) in [5, 5.41) is 3.16. The fraction of sp³-hybridized carbons (Fsp3) is 0.290. The number of nitrogens with zero attached hydrogens (tertiary/aromatic N) is 6. The first-order valence-corrected chi connectivity index (χ1v) is 17.4. The van der Waals surface area contributed by atoms with E-state index in [1.54, 1.807) is 0 Å². The van der Waals surface area contributed by atoms with E-state index in [4.69, 9.17) is 22.1 Å². The fourth-order valence-electron chi connectivity index (χ4n) is 5.53. The molecule has 300 valence electrons. The van der Waals surface area contributed by atoms with Crippen LogP contribution in [0.25, 0.3) is 27.6 Å². The van der Waals surface area contributed by atoms with Crippen molar-refractivity contribution in [2.45, 2.75) is 37.5 Å². The third-order valence-electron chi connectivity index (χ3n) is 7.79. The number of anilines is 1. The number of benzene rings is 2. The lowest BCUT2D eigenvalue weighted by molar-refractivity contribution is -0.358. The van der Waals surface area contributed by atoms with Gasteiger partial charge in [0.25, 0.3) is 5.56 Å². The molecule has 0 saturated carbocycles. The van der Waals surface area contributed by atoms with E-state index in [1.165, 1.54) is 13.1 Å². The Morgan fingerprint density at radius 3 is 2.18 bits per heavy atom. The molecule has 3 aromatic heterocycles. The van der Waals surface area contributed by atoms with E-state index in [0.717, 1.165) is 35.9 Å². The second kappa shape index (κ2) is 14.5. The van der Waals surface area contributed by atoms with Crippen molar-refractivity contribution < 1.29 is 67.0 Å². The smallest absolute Gasteiger partial charge is 0.460 e. The Bertz CT molecular complexity index is 2560. The quantitative estimate of drug-likeness (QED) is 0.167. The number of hydrogen-bond donors (Lipinski definition) is 1. The van der Waals surface area contributed by atoms with Gasteiger partial charge in [-0.1, -0.05) is 11.6 Å². The van der Waals surface area contributed by atoms with Crippen molar-refractivity contribution in [1.29, 1.82) is 0 Å². The third kappa shape index (κ3) is 7.74. The van der Waals surface area contributed by atoms with Crippen LogP contribution in [0.15, 0.2) is 47.3 Å². The van der Waals surface area contributed by atoms with Gasteiger partial charge in [0.15, 0.2) is 30.0 Å². The van der Waals surface area contributed by atoms with Gasteiger partial charge >= 0.3 is 24.1 Å². The van der Waals surface area contributed by atoms with Crippen LogP contribution in [0.4, 0.5) is 50.1 Å². The van der Waals surface area contributed by atoms with Crippen LogP contribution >= 0.6 is 11.6 Å². The molecular formula is C31H23ClF9N7O7S. The Morgan fingerprint density at radius 2 is 1.62 bits per heavy atom. The summed E-state index contributed by atoms with van der Waals surface area (Å²) in [4.78, 5) is 47.0. The van der Waals surface area contributed by atoms with Crippen molar-refractivity contribution >= 4 is 61.4 Å². The monoisotopic (exact) mass is 843 g/mol. The van der Waals surface area contributed by atoms with Crippen LogP contribution in [0.3, 0.4) is 0 Å². The first kappa shape index (κ1) is 41.5. The van der Waals surface area contributed by atoms with E-state index >= 15 is 0 Å². The van der Waals surface area contributed by atoms with Gasteiger partial charge in [-0.3, -0.25) is 18.8 Å². The van der Waals surface area contributed by atoms with Crippen LogP contribution in [-0.4, -0.2) is 75.6 Å². The van der Waals surface area contributed by atoms with E-state index in [-0.39, 0.29) is 27.2 Å². The van der Waals surface area contributed by atoms with Crippen LogP contribution in [0.2, 0.25) is 5.02 Å². The Kier molecular flexibility index (Phi) is 10.7. The number of sulfonamides is 1. The summed E-state index contributed by atoms with van der Waals surface area (Å²) in [6.45, 7) is -1.65. The molecule has 0 radical (unpaired) electrons. The van der Waals surface area contributed by atoms with E-state index < -0.39 is 105 Å². The number of nitrogens with two attached hydrogens (primary N) is 1. The summed E-state index contributed by atoms with van der Waals surface area (Å²) in [7, 11) is -3.11. The number of alkyl halides is 7. The molecule has 0 saturated heterocycles. The molecule has 2 N–H and O–H groups in total.